The number of ketones is 1. The molecule has 0 aromatic heterocycles. The Balaban J connectivity index is 1.90. The fraction of sp³-hybridized carbons (Fsp3) is 0.312. The number of ether oxygens (including phenoxy) is 3. The molecule has 1 fully saturated rings. The second kappa shape index (κ2) is 11.2. The Kier molecular flexibility index (Phi) is 8.00. The smallest absolute Gasteiger partial charge is 0.300 e. The normalized spacial score (nSPS) is 16.9. The Hall–Kier alpha value is -4.26. The van der Waals surface area contributed by atoms with Crippen molar-refractivity contribution in [3.05, 3.63) is 89.0 Å². The molecule has 4 rings (SSSR count). The maximum Gasteiger partial charge on any atom is 0.300 e. The Morgan fingerprint density at radius 1 is 0.872 bits per heavy atom. The third-order valence-electron chi connectivity index (χ3n) is 6.66. The predicted octanol–water partition coefficient (Wildman–Crippen LogP) is 6.42. The van der Waals surface area contributed by atoms with Crippen molar-refractivity contribution in [1.82, 2.24) is 0 Å². The van der Waals surface area contributed by atoms with E-state index >= 15 is 0 Å². The van der Waals surface area contributed by atoms with Crippen molar-refractivity contribution in [2.45, 2.75) is 46.1 Å². The zero-order valence-corrected chi connectivity index (χ0v) is 23.3. The van der Waals surface area contributed by atoms with Gasteiger partial charge in [-0.1, -0.05) is 32.9 Å². The number of aliphatic hydroxyl groups is 1. The molecule has 1 unspecified atom stereocenters. The number of carbonyl (C=O) groups excluding carboxylic acids is 2. The summed E-state index contributed by atoms with van der Waals surface area (Å²) < 4.78 is 16.7. The molecule has 0 radical (unpaired) electrons. The molecule has 1 N–H and O–H groups in total. The summed E-state index contributed by atoms with van der Waals surface area (Å²) in [4.78, 5) is 28.5. The molecule has 1 atom stereocenters. The molecule has 1 amide bonds. The number of carbonyl (C=O) groups is 2. The van der Waals surface area contributed by atoms with Gasteiger partial charge in [-0.05, 0) is 79.4 Å². The zero-order valence-electron chi connectivity index (χ0n) is 23.3. The van der Waals surface area contributed by atoms with Crippen LogP contribution in [0.5, 0.6) is 17.2 Å². The number of rotatable bonds is 8. The van der Waals surface area contributed by atoms with Crippen molar-refractivity contribution in [3.8, 4) is 17.2 Å². The lowest BCUT2D eigenvalue weighted by atomic mass is 9.84. The molecular formula is C32H35NO6. The molecule has 1 aliphatic heterocycles. The highest BCUT2D eigenvalue weighted by atomic mass is 16.5. The molecule has 3 aromatic carbocycles. The van der Waals surface area contributed by atoms with Crippen molar-refractivity contribution >= 4 is 23.1 Å². The van der Waals surface area contributed by atoms with Crippen LogP contribution in [0.25, 0.3) is 5.76 Å². The summed E-state index contributed by atoms with van der Waals surface area (Å²) in [5, 5.41) is 11.6. The minimum Gasteiger partial charge on any atom is -0.507 e. The molecule has 39 heavy (non-hydrogen) atoms. The SMILES string of the molecule is CCOc1ccc(C2/C(=C(/O)c3ccc(OC)c(C(C)(C)C)c3)C(=O)C(=O)N2c2ccc(OCC)cc2)cc1. The number of hydrogen-bond acceptors (Lipinski definition) is 6. The third kappa shape index (κ3) is 5.48. The Morgan fingerprint density at radius 3 is 1.95 bits per heavy atom. The van der Waals surface area contributed by atoms with E-state index in [4.69, 9.17) is 14.2 Å². The van der Waals surface area contributed by atoms with E-state index in [1.165, 1.54) is 4.90 Å². The maximum absolute atomic E-state index is 13.5. The van der Waals surface area contributed by atoms with Gasteiger partial charge in [0.25, 0.3) is 11.7 Å². The molecule has 0 bridgehead atoms. The Morgan fingerprint density at radius 2 is 1.44 bits per heavy atom. The van der Waals surface area contributed by atoms with Gasteiger partial charge in [0.2, 0.25) is 0 Å². The van der Waals surface area contributed by atoms with Gasteiger partial charge >= 0.3 is 0 Å². The minimum absolute atomic E-state index is 0.0167. The highest BCUT2D eigenvalue weighted by Crippen LogP contribution is 2.43. The third-order valence-corrected chi connectivity index (χ3v) is 6.66. The summed E-state index contributed by atoms with van der Waals surface area (Å²) in [6.07, 6.45) is 0. The standard InChI is InChI=1S/C32H35NO6/c1-7-38-23-14-9-20(10-15-23)28-27(29(34)21-11-18-26(37-6)25(19-21)32(3,4)5)30(35)31(36)33(28)22-12-16-24(17-13-22)39-8-2/h9-19,28,34H,7-8H2,1-6H3/b29-27-. The van der Waals surface area contributed by atoms with Gasteiger partial charge in [-0.15, -0.1) is 0 Å². The molecule has 204 valence electrons. The van der Waals surface area contributed by atoms with E-state index in [1.807, 2.05) is 52.8 Å². The zero-order chi connectivity index (χ0) is 28.3. The van der Waals surface area contributed by atoms with Gasteiger partial charge in [0.05, 0.1) is 31.9 Å². The first-order chi connectivity index (χ1) is 18.6. The number of benzene rings is 3. The average molecular weight is 530 g/mol. The molecule has 0 spiro atoms. The molecule has 1 aliphatic rings. The van der Waals surface area contributed by atoms with Crippen LogP contribution in [-0.4, -0.2) is 37.1 Å². The van der Waals surface area contributed by atoms with E-state index in [1.54, 1.807) is 55.6 Å². The number of anilines is 1. The monoisotopic (exact) mass is 529 g/mol. The molecule has 0 aliphatic carbocycles. The highest BCUT2D eigenvalue weighted by molar-refractivity contribution is 6.51. The quantitative estimate of drug-likeness (QED) is 0.206. The summed E-state index contributed by atoms with van der Waals surface area (Å²) in [7, 11) is 1.60. The van der Waals surface area contributed by atoms with Crippen molar-refractivity contribution in [1.29, 1.82) is 0 Å². The number of Topliss-reactive ketones (excluding diaryl/α,β-unsaturated/α-hetero) is 1. The molecule has 1 heterocycles. The fourth-order valence-electron chi connectivity index (χ4n) is 4.79. The Labute approximate surface area is 229 Å². The minimum atomic E-state index is -0.848. The second-order valence-electron chi connectivity index (χ2n) is 10.3. The van der Waals surface area contributed by atoms with Crippen LogP contribution in [0.3, 0.4) is 0 Å². The van der Waals surface area contributed by atoms with Crippen LogP contribution < -0.4 is 19.1 Å². The first kappa shape index (κ1) is 27.8. The number of hydrogen-bond donors (Lipinski definition) is 1. The highest BCUT2D eigenvalue weighted by Gasteiger charge is 2.47. The first-order valence-corrected chi connectivity index (χ1v) is 13.1. The lowest BCUT2D eigenvalue weighted by Gasteiger charge is -2.26. The van der Waals surface area contributed by atoms with E-state index in [0.29, 0.717) is 47.3 Å². The molecule has 7 nitrogen and oxygen atoms in total. The van der Waals surface area contributed by atoms with Crippen molar-refractivity contribution in [2.24, 2.45) is 0 Å². The van der Waals surface area contributed by atoms with E-state index in [0.717, 1.165) is 5.56 Å². The molecule has 3 aromatic rings. The van der Waals surface area contributed by atoms with Gasteiger partial charge in [-0.25, -0.2) is 0 Å². The van der Waals surface area contributed by atoms with E-state index in [-0.39, 0.29) is 16.7 Å². The second-order valence-corrected chi connectivity index (χ2v) is 10.3. The summed E-state index contributed by atoms with van der Waals surface area (Å²) in [5.41, 5.74) is 2.21. The van der Waals surface area contributed by atoms with Gasteiger partial charge in [-0.2, -0.15) is 0 Å². The van der Waals surface area contributed by atoms with Gasteiger partial charge in [-0.3, -0.25) is 14.5 Å². The van der Waals surface area contributed by atoms with Gasteiger partial charge in [0.15, 0.2) is 0 Å². The van der Waals surface area contributed by atoms with Crippen molar-refractivity contribution < 1.29 is 28.9 Å². The average Bonchev–Trinajstić information content (AvgIpc) is 3.18. The van der Waals surface area contributed by atoms with Crippen LogP contribution in [0.15, 0.2) is 72.3 Å². The summed E-state index contributed by atoms with van der Waals surface area (Å²) in [6, 6.07) is 18.6. The van der Waals surface area contributed by atoms with E-state index < -0.39 is 17.7 Å². The van der Waals surface area contributed by atoms with Crippen molar-refractivity contribution in [3.63, 3.8) is 0 Å². The van der Waals surface area contributed by atoms with E-state index in [2.05, 4.69) is 0 Å². The predicted molar refractivity (Wildman–Crippen MR) is 152 cm³/mol. The fourth-order valence-corrected chi connectivity index (χ4v) is 4.79. The summed E-state index contributed by atoms with van der Waals surface area (Å²) in [6.45, 7) is 10.9. The molecular weight excluding hydrogens is 494 g/mol. The van der Waals surface area contributed by atoms with Gasteiger partial charge < -0.3 is 19.3 Å². The maximum atomic E-state index is 13.5. The number of amides is 1. The van der Waals surface area contributed by atoms with Crippen LogP contribution in [0.2, 0.25) is 0 Å². The lowest BCUT2D eigenvalue weighted by Crippen LogP contribution is -2.29. The van der Waals surface area contributed by atoms with Gasteiger partial charge in [0, 0.05) is 16.8 Å². The number of aliphatic hydroxyl groups excluding tert-OH is 1. The van der Waals surface area contributed by atoms with Crippen molar-refractivity contribution in [2.75, 3.05) is 25.2 Å². The van der Waals surface area contributed by atoms with Gasteiger partial charge in [0.1, 0.15) is 23.0 Å². The number of nitrogens with zero attached hydrogens (tertiary/aromatic N) is 1. The number of methoxy groups -OCH3 is 1. The largest absolute Gasteiger partial charge is 0.507 e. The summed E-state index contributed by atoms with van der Waals surface area (Å²) in [5.74, 6) is 0.288. The van der Waals surface area contributed by atoms with Crippen LogP contribution in [0.4, 0.5) is 5.69 Å². The topological polar surface area (TPSA) is 85.3 Å². The Bertz CT molecular complexity index is 1380. The van der Waals surface area contributed by atoms with E-state index in [9.17, 15) is 14.7 Å². The first-order valence-electron chi connectivity index (χ1n) is 13.1. The van der Waals surface area contributed by atoms with Crippen LogP contribution >= 0.6 is 0 Å². The lowest BCUT2D eigenvalue weighted by molar-refractivity contribution is -0.132. The molecule has 0 saturated carbocycles. The van der Waals surface area contributed by atoms with Crippen LogP contribution in [0.1, 0.15) is 57.4 Å². The van der Waals surface area contributed by atoms with Crippen LogP contribution in [0, 0.1) is 0 Å². The summed E-state index contributed by atoms with van der Waals surface area (Å²) >= 11 is 0. The van der Waals surface area contributed by atoms with Crippen LogP contribution in [-0.2, 0) is 15.0 Å². The molecule has 7 heteroatoms. The molecule has 1 saturated heterocycles.